The Labute approximate surface area is 206 Å². The first kappa shape index (κ1) is 25.8. The van der Waals surface area contributed by atoms with Gasteiger partial charge in [0.1, 0.15) is 5.76 Å². The molecule has 1 fully saturated rings. The Hall–Kier alpha value is -2.78. The van der Waals surface area contributed by atoms with Gasteiger partial charge in [0.05, 0.1) is 24.3 Å². The van der Waals surface area contributed by atoms with Crippen LogP contribution in [-0.4, -0.2) is 83.9 Å². The number of rotatable bonds is 7. The molecule has 1 aliphatic heterocycles. The summed E-state index contributed by atoms with van der Waals surface area (Å²) in [5.41, 5.74) is 1.50. The van der Waals surface area contributed by atoms with E-state index < -0.39 is 0 Å². The van der Waals surface area contributed by atoms with Gasteiger partial charge in [-0.05, 0) is 48.8 Å². The van der Waals surface area contributed by atoms with E-state index in [0.717, 1.165) is 38.4 Å². The third-order valence-corrected chi connectivity index (χ3v) is 6.33. The van der Waals surface area contributed by atoms with Crippen LogP contribution in [0.15, 0.2) is 40.6 Å². The summed E-state index contributed by atoms with van der Waals surface area (Å²) in [6.45, 7) is 10.8. The van der Waals surface area contributed by atoms with Gasteiger partial charge in [-0.15, -0.1) is 0 Å². The van der Waals surface area contributed by atoms with Crippen LogP contribution in [0.5, 0.6) is 0 Å². The number of Topliss-reactive ketones (excluding diaryl/α,β-unsaturated/α-hetero) is 1. The van der Waals surface area contributed by atoms with Crippen molar-refractivity contribution in [1.82, 2.24) is 9.80 Å². The lowest BCUT2D eigenvalue weighted by atomic mass is 9.77. The van der Waals surface area contributed by atoms with Crippen molar-refractivity contribution in [3.05, 3.63) is 41.2 Å². The summed E-state index contributed by atoms with van der Waals surface area (Å²) in [6.07, 6.45) is 2.48. The first-order valence-electron chi connectivity index (χ1n) is 11.7. The molecule has 0 bridgehead atoms. The first-order valence-corrected chi connectivity index (χ1v) is 12.1. The summed E-state index contributed by atoms with van der Waals surface area (Å²) >= 11 is 5.56. The highest BCUT2D eigenvalue weighted by Gasteiger charge is 2.32. The van der Waals surface area contributed by atoms with Crippen molar-refractivity contribution in [3.63, 3.8) is 0 Å². The molecule has 0 radical (unpaired) electrons. The third kappa shape index (κ3) is 7.11. The summed E-state index contributed by atoms with van der Waals surface area (Å²) < 4.78 is 5.00. The number of benzene rings is 1. The van der Waals surface area contributed by atoms with E-state index in [1.807, 2.05) is 26.0 Å². The van der Waals surface area contributed by atoms with Crippen molar-refractivity contribution >= 4 is 41.0 Å². The van der Waals surface area contributed by atoms with Crippen LogP contribution in [0.25, 0.3) is 0 Å². The molecule has 2 N–H and O–H groups in total. The molecule has 1 heterocycles. The van der Waals surface area contributed by atoms with E-state index >= 15 is 0 Å². The minimum Gasteiger partial charge on any atom is -0.511 e. The number of nitrogens with one attached hydrogen (secondary N) is 1. The number of piperazine rings is 1. The van der Waals surface area contributed by atoms with Gasteiger partial charge in [-0.3, -0.25) is 14.7 Å². The van der Waals surface area contributed by atoms with Crippen molar-refractivity contribution in [2.24, 2.45) is 10.4 Å². The maximum absolute atomic E-state index is 12.3. The minimum absolute atomic E-state index is 0.0392. The van der Waals surface area contributed by atoms with Crippen LogP contribution in [0.3, 0.4) is 0 Å². The number of aliphatic hydroxyl groups excluding tert-OH is 1. The van der Waals surface area contributed by atoms with Crippen LogP contribution in [-0.2, 0) is 9.53 Å². The van der Waals surface area contributed by atoms with E-state index in [2.05, 4.69) is 20.1 Å². The summed E-state index contributed by atoms with van der Waals surface area (Å²) in [5, 5.41) is 14.1. The molecule has 1 aromatic carbocycles. The molecule has 3 rings (SSSR count). The summed E-state index contributed by atoms with van der Waals surface area (Å²) in [4.78, 5) is 32.8. The zero-order valence-corrected chi connectivity index (χ0v) is 21.0. The van der Waals surface area contributed by atoms with Crippen LogP contribution < -0.4 is 5.32 Å². The maximum atomic E-state index is 12.3. The predicted octanol–water partition coefficient (Wildman–Crippen LogP) is 3.45. The fraction of sp³-hybridized carbons (Fsp3) is 0.520. The van der Waals surface area contributed by atoms with Gasteiger partial charge < -0.3 is 20.1 Å². The van der Waals surface area contributed by atoms with Gasteiger partial charge in [0.15, 0.2) is 10.9 Å². The Balaban J connectivity index is 1.40. The molecule has 0 atom stereocenters. The molecule has 0 aromatic heterocycles. The van der Waals surface area contributed by atoms with Crippen molar-refractivity contribution in [3.8, 4) is 0 Å². The molecule has 1 saturated heterocycles. The number of aliphatic imine (C=N–C) groups is 1. The van der Waals surface area contributed by atoms with E-state index in [9.17, 15) is 14.7 Å². The molecule has 34 heavy (non-hydrogen) atoms. The molecular formula is C25H34N4O4S. The molecule has 1 aliphatic carbocycles. The highest BCUT2D eigenvalue weighted by molar-refractivity contribution is 7.80. The Bertz CT molecular complexity index is 964. The second kappa shape index (κ2) is 11.6. The highest BCUT2D eigenvalue weighted by atomic mass is 32.1. The summed E-state index contributed by atoms with van der Waals surface area (Å²) in [5.74, 6) is -0.224. The first-order chi connectivity index (χ1) is 16.2. The summed E-state index contributed by atoms with van der Waals surface area (Å²) in [6, 6.07) is 7.08. The van der Waals surface area contributed by atoms with Crippen LogP contribution in [0.2, 0.25) is 0 Å². The van der Waals surface area contributed by atoms with Crippen molar-refractivity contribution in [1.29, 1.82) is 0 Å². The SMILES string of the molecule is CCOC(=O)c1ccc(NC(=S)N2CCN(CCN=CC3=C(O)CC(C)(C)CC3=O)CC2)cc1. The zero-order valence-electron chi connectivity index (χ0n) is 20.2. The Morgan fingerprint density at radius 3 is 2.50 bits per heavy atom. The number of hydrogen-bond donors (Lipinski definition) is 2. The molecule has 0 saturated carbocycles. The summed E-state index contributed by atoms with van der Waals surface area (Å²) in [7, 11) is 0. The lowest BCUT2D eigenvalue weighted by Crippen LogP contribution is -2.50. The number of carbonyl (C=O) groups excluding carboxylic acids is 2. The largest absolute Gasteiger partial charge is 0.511 e. The number of ether oxygens (including phenoxy) is 1. The number of aliphatic hydroxyl groups is 1. The highest BCUT2D eigenvalue weighted by Crippen LogP contribution is 2.35. The minimum atomic E-state index is -0.333. The average molecular weight is 487 g/mol. The fourth-order valence-corrected chi connectivity index (χ4v) is 4.38. The van der Waals surface area contributed by atoms with Gasteiger partial charge in [0.25, 0.3) is 0 Å². The smallest absolute Gasteiger partial charge is 0.338 e. The quantitative estimate of drug-likeness (QED) is 0.344. The lowest BCUT2D eigenvalue weighted by Gasteiger charge is -2.36. The number of esters is 1. The van der Waals surface area contributed by atoms with Gasteiger partial charge in [0, 0.05) is 57.5 Å². The Morgan fingerprint density at radius 1 is 1.21 bits per heavy atom. The third-order valence-electron chi connectivity index (χ3n) is 5.97. The maximum Gasteiger partial charge on any atom is 0.338 e. The van der Waals surface area contributed by atoms with Gasteiger partial charge in [0.2, 0.25) is 0 Å². The van der Waals surface area contributed by atoms with Gasteiger partial charge in [-0.2, -0.15) is 0 Å². The fourth-order valence-electron chi connectivity index (χ4n) is 4.08. The van der Waals surface area contributed by atoms with Crippen molar-refractivity contribution < 1.29 is 19.4 Å². The van der Waals surface area contributed by atoms with Crippen LogP contribution in [0.4, 0.5) is 5.69 Å². The molecule has 2 aliphatic rings. The van der Waals surface area contributed by atoms with E-state index in [4.69, 9.17) is 17.0 Å². The second-order valence-corrected chi connectivity index (χ2v) is 9.78. The van der Waals surface area contributed by atoms with E-state index in [1.54, 1.807) is 19.1 Å². The molecule has 9 heteroatoms. The second-order valence-electron chi connectivity index (χ2n) is 9.39. The van der Waals surface area contributed by atoms with Gasteiger partial charge >= 0.3 is 5.97 Å². The zero-order chi connectivity index (χ0) is 24.7. The van der Waals surface area contributed by atoms with Gasteiger partial charge in [-0.1, -0.05) is 13.8 Å². The molecule has 184 valence electrons. The number of carbonyl (C=O) groups is 2. The van der Waals surface area contributed by atoms with E-state index in [1.165, 1.54) is 6.21 Å². The molecule has 1 aromatic rings. The standard InChI is InChI=1S/C25H34N4O4S/c1-4-33-23(32)18-5-7-19(8-6-18)27-24(34)29-13-11-28(12-14-29)10-9-26-17-20-21(30)15-25(2,3)16-22(20)31/h5-8,17,30H,4,9-16H2,1-3H3,(H,27,34). The normalized spacial score (nSPS) is 18.9. The van der Waals surface area contributed by atoms with Crippen LogP contribution in [0.1, 0.15) is 44.0 Å². The number of thiocarbonyl (C=S) groups is 1. The lowest BCUT2D eigenvalue weighted by molar-refractivity contribution is -0.117. The molecule has 8 nitrogen and oxygen atoms in total. The monoisotopic (exact) mass is 486 g/mol. The van der Waals surface area contributed by atoms with Crippen molar-refractivity contribution in [2.45, 2.75) is 33.6 Å². The topological polar surface area (TPSA) is 94.5 Å². The molecule has 0 unspecified atom stereocenters. The Morgan fingerprint density at radius 2 is 1.88 bits per heavy atom. The number of hydrogen-bond acceptors (Lipinski definition) is 7. The number of allylic oxidation sites excluding steroid dienone is 2. The molecular weight excluding hydrogens is 452 g/mol. The number of nitrogens with zero attached hydrogens (tertiary/aromatic N) is 3. The molecule has 0 spiro atoms. The van der Waals surface area contributed by atoms with Crippen LogP contribution >= 0.6 is 12.2 Å². The van der Waals surface area contributed by atoms with Gasteiger partial charge in [-0.25, -0.2) is 4.79 Å². The van der Waals surface area contributed by atoms with E-state index in [-0.39, 0.29) is 22.9 Å². The van der Waals surface area contributed by atoms with Crippen LogP contribution in [0, 0.1) is 5.41 Å². The van der Waals surface area contributed by atoms with Crippen molar-refractivity contribution in [2.75, 3.05) is 51.2 Å². The molecule has 0 amide bonds. The number of ketones is 1. The average Bonchev–Trinajstić information content (AvgIpc) is 2.78. The Kier molecular flexibility index (Phi) is 8.79. The number of anilines is 1. The predicted molar refractivity (Wildman–Crippen MR) is 138 cm³/mol. The van der Waals surface area contributed by atoms with E-state index in [0.29, 0.717) is 42.2 Å².